The van der Waals surface area contributed by atoms with E-state index in [1.165, 1.54) is 0 Å². The van der Waals surface area contributed by atoms with Crippen molar-refractivity contribution in [2.24, 2.45) is 0 Å². The smallest absolute Gasteiger partial charge is 0.175 e. The first kappa shape index (κ1) is 28.3. The van der Waals surface area contributed by atoms with Crippen LogP contribution in [0.5, 0.6) is 11.5 Å². The van der Waals surface area contributed by atoms with Crippen molar-refractivity contribution in [3.05, 3.63) is 57.0 Å². The lowest BCUT2D eigenvalue weighted by Gasteiger charge is -2.26. The van der Waals surface area contributed by atoms with Crippen LogP contribution in [0.15, 0.2) is 40.9 Å². The molecule has 1 aliphatic rings. The number of nitrogens with one attached hydrogen (secondary N) is 1. The molecule has 9 heteroatoms. The Bertz CT molecular complexity index is 775. The summed E-state index contributed by atoms with van der Waals surface area (Å²) in [5, 5.41) is 4.23. The van der Waals surface area contributed by atoms with Gasteiger partial charge in [0.15, 0.2) is 11.5 Å². The molecule has 1 N–H and O–H groups in total. The van der Waals surface area contributed by atoms with E-state index in [9.17, 15) is 0 Å². The minimum atomic E-state index is 0. The molecule has 0 bridgehead atoms. The maximum absolute atomic E-state index is 6.05. The molecule has 2 aromatic rings. The van der Waals surface area contributed by atoms with Gasteiger partial charge in [-0.15, -0.1) is 24.8 Å². The normalized spacial score (nSPS) is 13.8. The lowest BCUT2D eigenvalue weighted by Crippen LogP contribution is -2.40. The maximum atomic E-state index is 6.05. The van der Waals surface area contributed by atoms with Gasteiger partial charge < -0.3 is 19.5 Å². The van der Waals surface area contributed by atoms with Crippen LogP contribution >= 0.6 is 52.3 Å². The zero-order chi connectivity index (χ0) is 20.5. The maximum Gasteiger partial charge on any atom is 0.175 e. The van der Waals surface area contributed by atoms with E-state index in [1.54, 1.807) is 0 Å². The first-order chi connectivity index (χ1) is 14.2. The molecule has 1 fully saturated rings. The quantitative estimate of drug-likeness (QED) is 0.400. The third-order valence-electron chi connectivity index (χ3n) is 4.70. The van der Waals surface area contributed by atoms with E-state index in [0.717, 1.165) is 78.1 Å². The van der Waals surface area contributed by atoms with Gasteiger partial charge in [0.05, 0.1) is 24.3 Å². The van der Waals surface area contributed by atoms with E-state index in [-0.39, 0.29) is 24.8 Å². The summed E-state index contributed by atoms with van der Waals surface area (Å²) in [7, 11) is 0. The average Bonchev–Trinajstić information content (AvgIpc) is 2.73. The lowest BCUT2D eigenvalue weighted by atomic mass is 10.2. The van der Waals surface area contributed by atoms with Gasteiger partial charge in [-0.25, -0.2) is 0 Å². The standard InChI is InChI=1S/C22H28BrClN2O3.2ClH/c1-2-28-21-14-18(15-25-7-8-26-9-11-27-12-10-26)13-20(23)22(21)29-16-17-3-5-19(24)6-4-17;;/h3-6,13-14,25H,2,7-12,15-16H2,1H3;2*1H. The Hall–Kier alpha value is -0.730. The number of hydrogen-bond acceptors (Lipinski definition) is 5. The Morgan fingerprint density at radius 2 is 1.77 bits per heavy atom. The van der Waals surface area contributed by atoms with Crippen molar-refractivity contribution in [2.75, 3.05) is 46.0 Å². The largest absolute Gasteiger partial charge is 0.490 e. The van der Waals surface area contributed by atoms with Crippen molar-refractivity contribution in [2.45, 2.75) is 20.1 Å². The first-order valence-electron chi connectivity index (χ1n) is 9.99. The third-order valence-corrected chi connectivity index (χ3v) is 5.54. The van der Waals surface area contributed by atoms with Crippen molar-refractivity contribution in [3.8, 4) is 11.5 Å². The molecule has 1 saturated heterocycles. The monoisotopic (exact) mass is 554 g/mol. The second kappa shape index (κ2) is 15.2. The molecule has 0 aliphatic carbocycles. The second-order valence-electron chi connectivity index (χ2n) is 6.88. The molecule has 1 heterocycles. The average molecular weight is 557 g/mol. The molecule has 0 aromatic heterocycles. The van der Waals surface area contributed by atoms with Crippen LogP contribution in [0.2, 0.25) is 5.02 Å². The van der Waals surface area contributed by atoms with Crippen molar-refractivity contribution in [1.29, 1.82) is 0 Å². The van der Waals surface area contributed by atoms with Gasteiger partial charge in [0, 0.05) is 37.7 Å². The predicted octanol–water partition coefficient (Wildman–Crippen LogP) is 5.35. The minimum absolute atomic E-state index is 0. The van der Waals surface area contributed by atoms with Crippen molar-refractivity contribution >= 4 is 52.3 Å². The highest BCUT2D eigenvalue weighted by Gasteiger charge is 2.13. The molecule has 0 radical (unpaired) electrons. The van der Waals surface area contributed by atoms with Gasteiger partial charge in [0.2, 0.25) is 0 Å². The summed E-state index contributed by atoms with van der Waals surface area (Å²) in [5.74, 6) is 1.47. The summed E-state index contributed by atoms with van der Waals surface area (Å²) in [5.41, 5.74) is 2.21. The van der Waals surface area contributed by atoms with Gasteiger partial charge in [0.25, 0.3) is 0 Å². The molecule has 0 saturated carbocycles. The molecule has 0 unspecified atom stereocenters. The number of nitrogens with zero attached hydrogens (tertiary/aromatic N) is 1. The fraction of sp³-hybridized carbons (Fsp3) is 0.455. The Labute approximate surface area is 210 Å². The number of rotatable bonds is 10. The molecule has 2 aromatic carbocycles. The Balaban J connectivity index is 0.00000240. The summed E-state index contributed by atoms with van der Waals surface area (Å²) < 4.78 is 18.2. The highest BCUT2D eigenvalue weighted by atomic mass is 79.9. The van der Waals surface area contributed by atoms with Crippen LogP contribution in [0.25, 0.3) is 0 Å². The predicted molar refractivity (Wildman–Crippen MR) is 135 cm³/mol. The van der Waals surface area contributed by atoms with Crippen molar-refractivity contribution in [1.82, 2.24) is 10.2 Å². The van der Waals surface area contributed by atoms with Crippen LogP contribution < -0.4 is 14.8 Å². The molecule has 0 amide bonds. The van der Waals surface area contributed by atoms with Crippen molar-refractivity contribution < 1.29 is 14.2 Å². The third kappa shape index (κ3) is 9.34. The van der Waals surface area contributed by atoms with Gasteiger partial charge >= 0.3 is 0 Å². The summed E-state index contributed by atoms with van der Waals surface area (Å²) in [6.07, 6.45) is 0. The number of halogens is 4. The topological polar surface area (TPSA) is 43.0 Å². The molecule has 174 valence electrons. The van der Waals surface area contributed by atoms with E-state index in [4.69, 9.17) is 25.8 Å². The van der Waals surface area contributed by atoms with E-state index in [0.29, 0.717) is 13.2 Å². The summed E-state index contributed by atoms with van der Waals surface area (Å²) in [6, 6.07) is 11.8. The van der Waals surface area contributed by atoms with Crippen LogP contribution in [-0.2, 0) is 17.9 Å². The highest BCUT2D eigenvalue weighted by molar-refractivity contribution is 9.10. The first-order valence-corrected chi connectivity index (χ1v) is 11.2. The Morgan fingerprint density at radius 3 is 2.45 bits per heavy atom. The van der Waals surface area contributed by atoms with Crippen LogP contribution in [0.4, 0.5) is 0 Å². The molecular formula is C22H30BrCl3N2O3. The van der Waals surface area contributed by atoms with Gasteiger partial charge in [0.1, 0.15) is 6.61 Å². The van der Waals surface area contributed by atoms with Gasteiger partial charge in [-0.05, 0) is 58.2 Å². The zero-order valence-electron chi connectivity index (χ0n) is 17.6. The van der Waals surface area contributed by atoms with Crippen LogP contribution in [0.1, 0.15) is 18.1 Å². The van der Waals surface area contributed by atoms with Crippen LogP contribution in [0.3, 0.4) is 0 Å². The lowest BCUT2D eigenvalue weighted by molar-refractivity contribution is 0.0384. The molecule has 5 nitrogen and oxygen atoms in total. The molecule has 1 aliphatic heterocycles. The molecular weight excluding hydrogens is 527 g/mol. The van der Waals surface area contributed by atoms with E-state index in [2.05, 4.69) is 32.2 Å². The molecule has 3 rings (SSSR count). The van der Waals surface area contributed by atoms with E-state index in [1.807, 2.05) is 37.3 Å². The number of hydrogen-bond donors (Lipinski definition) is 1. The zero-order valence-corrected chi connectivity index (χ0v) is 21.5. The summed E-state index contributed by atoms with van der Waals surface area (Å²) in [4.78, 5) is 2.42. The fourth-order valence-corrected chi connectivity index (χ4v) is 3.89. The highest BCUT2D eigenvalue weighted by Crippen LogP contribution is 2.37. The number of morpholine rings is 1. The van der Waals surface area contributed by atoms with Gasteiger partial charge in [-0.1, -0.05) is 23.7 Å². The Morgan fingerprint density at radius 1 is 1.06 bits per heavy atom. The molecule has 0 atom stereocenters. The number of ether oxygens (including phenoxy) is 3. The van der Waals surface area contributed by atoms with Crippen LogP contribution in [0, 0.1) is 0 Å². The SMILES string of the molecule is CCOc1cc(CNCCN2CCOCC2)cc(Br)c1OCc1ccc(Cl)cc1.Cl.Cl. The van der Waals surface area contributed by atoms with E-state index < -0.39 is 0 Å². The second-order valence-corrected chi connectivity index (χ2v) is 8.17. The van der Waals surface area contributed by atoms with Crippen LogP contribution in [-0.4, -0.2) is 50.9 Å². The van der Waals surface area contributed by atoms with Crippen molar-refractivity contribution in [3.63, 3.8) is 0 Å². The Kier molecular flexibility index (Phi) is 13.8. The molecule has 31 heavy (non-hydrogen) atoms. The fourth-order valence-electron chi connectivity index (χ4n) is 3.16. The summed E-state index contributed by atoms with van der Waals surface area (Å²) >= 11 is 9.60. The minimum Gasteiger partial charge on any atom is -0.490 e. The summed E-state index contributed by atoms with van der Waals surface area (Å²) in [6.45, 7) is 9.46. The molecule has 0 spiro atoms. The van der Waals surface area contributed by atoms with Gasteiger partial charge in [-0.2, -0.15) is 0 Å². The number of benzene rings is 2. The van der Waals surface area contributed by atoms with E-state index >= 15 is 0 Å². The van der Waals surface area contributed by atoms with Gasteiger partial charge in [-0.3, -0.25) is 4.90 Å².